The topological polar surface area (TPSA) is 237 Å². The van der Waals surface area contributed by atoms with Crippen molar-refractivity contribution < 1.29 is 80.2 Å². The molecule has 5 atom stereocenters. The lowest BCUT2D eigenvalue weighted by atomic mass is 10.0. The van der Waals surface area contributed by atoms with Crippen molar-refractivity contribution in [2.75, 3.05) is 39.6 Å². The summed E-state index contributed by atoms with van der Waals surface area (Å²) in [4.78, 5) is 72.3. The van der Waals surface area contributed by atoms with Crippen molar-refractivity contribution >= 4 is 39.5 Å². The standard InChI is InChI=1S/C68H132O17P2/c1-7-9-11-13-15-16-17-18-22-27-33-39-45-51-66(71)79-57-64(85-67(72)52-46-40-34-28-23-20-19-21-25-31-36-42-48-60(3)4)59-83-87(76,77)81-55-62(69)54-80-86(74,75)82-58-63(56-78-65(70)50-44-38-30-14-12-10-8-2)84-68(73)53-47-41-35-29-24-26-32-37-43-49-61(5)6/h60-64,69H,7-59H2,1-6H3,(H,74,75)(H,76,77)/t62-,63+,64+/m0/s1. The molecule has 0 amide bonds. The fraction of sp³-hybridized carbons (Fsp3) is 0.941. The highest BCUT2D eigenvalue weighted by Gasteiger charge is 2.30. The van der Waals surface area contributed by atoms with Crippen molar-refractivity contribution in [1.82, 2.24) is 0 Å². The Morgan fingerprint density at radius 3 is 0.782 bits per heavy atom. The summed E-state index contributed by atoms with van der Waals surface area (Å²) in [5.41, 5.74) is 0. The minimum absolute atomic E-state index is 0.105. The normalized spacial score (nSPS) is 14.2. The summed E-state index contributed by atoms with van der Waals surface area (Å²) in [6.07, 6.45) is 44.5. The number of ether oxygens (including phenoxy) is 4. The van der Waals surface area contributed by atoms with Gasteiger partial charge in [-0.1, -0.05) is 292 Å². The molecule has 0 heterocycles. The molecule has 0 saturated carbocycles. The second kappa shape index (κ2) is 60.3. The van der Waals surface area contributed by atoms with E-state index < -0.39 is 97.5 Å². The van der Waals surface area contributed by atoms with E-state index in [1.165, 1.54) is 148 Å². The zero-order valence-corrected chi connectivity index (χ0v) is 58.1. The molecule has 19 heteroatoms. The molecule has 0 bridgehead atoms. The second-order valence-electron chi connectivity index (χ2n) is 25.5. The van der Waals surface area contributed by atoms with Crippen LogP contribution in [0.5, 0.6) is 0 Å². The van der Waals surface area contributed by atoms with Crippen molar-refractivity contribution in [3.8, 4) is 0 Å². The lowest BCUT2D eigenvalue weighted by Crippen LogP contribution is -2.30. The fourth-order valence-corrected chi connectivity index (χ4v) is 11.8. The fourth-order valence-electron chi connectivity index (χ4n) is 10.2. The van der Waals surface area contributed by atoms with E-state index in [9.17, 15) is 43.2 Å². The summed E-state index contributed by atoms with van der Waals surface area (Å²) in [5, 5.41) is 10.6. The number of phosphoric acid groups is 2. The van der Waals surface area contributed by atoms with Gasteiger partial charge in [0.15, 0.2) is 12.2 Å². The molecule has 0 aliphatic heterocycles. The monoisotopic (exact) mass is 1280 g/mol. The lowest BCUT2D eigenvalue weighted by Gasteiger charge is -2.21. The van der Waals surface area contributed by atoms with Crippen LogP contribution in [-0.4, -0.2) is 96.7 Å². The van der Waals surface area contributed by atoms with Crippen molar-refractivity contribution in [2.24, 2.45) is 11.8 Å². The molecule has 17 nitrogen and oxygen atoms in total. The number of unbranched alkanes of at least 4 members (excludes halogenated alkanes) is 37. The van der Waals surface area contributed by atoms with Gasteiger partial charge in [-0.3, -0.25) is 37.3 Å². The Balaban J connectivity index is 5.22. The highest BCUT2D eigenvalue weighted by molar-refractivity contribution is 7.47. The molecular weight excluding hydrogens is 1150 g/mol. The van der Waals surface area contributed by atoms with Gasteiger partial charge < -0.3 is 33.8 Å². The summed E-state index contributed by atoms with van der Waals surface area (Å²) < 4.78 is 68.1. The molecule has 0 aliphatic carbocycles. The van der Waals surface area contributed by atoms with Crippen LogP contribution in [0.4, 0.5) is 0 Å². The van der Waals surface area contributed by atoms with E-state index in [4.69, 9.17) is 37.0 Å². The number of hydrogen-bond donors (Lipinski definition) is 3. The average Bonchev–Trinajstić information content (AvgIpc) is 3.66. The smallest absolute Gasteiger partial charge is 0.462 e. The predicted octanol–water partition coefficient (Wildman–Crippen LogP) is 19.2. The van der Waals surface area contributed by atoms with Crippen molar-refractivity contribution in [1.29, 1.82) is 0 Å². The van der Waals surface area contributed by atoms with E-state index in [0.717, 1.165) is 115 Å². The molecule has 0 rings (SSSR count). The number of phosphoric ester groups is 2. The first-order valence-electron chi connectivity index (χ1n) is 35.5. The van der Waals surface area contributed by atoms with E-state index in [2.05, 4.69) is 41.5 Å². The maximum atomic E-state index is 13.0. The minimum atomic E-state index is -4.95. The lowest BCUT2D eigenvalue weighted by molar-refractivity contribution is -0.161. The zero-order chi connectivity index (χ0) is 64.3. The number of carbonyl (C=O) groups excluding carboxylic acids is 4. The van der Waals surface area contributed by atoms with Gasteiger partial charge in [0.05, 0.1) is 26.4 Å². The first kappa shape index (κ1) is 85.1. The summed E-state index contributed by atoms with van der Waals surface area (Å²) >= 11 is 0. The van der Waals surface area contributed by atoms with Crippen LogP contribution in [0.2, 0.25) is 0 Å². The maximum absolute atomic E-state index is 13.0. The molecule has 0 aliphatic rings. The third-order valence-electron chi connectivity index (χ3n) is 15.7. The molecule has 87 heavy (non-hydrogen) atoms. The van der Waals surface area contributed by atoms with E-state index in [-0.39, 0.29) is 25.7 Å². The Morgan fingerprint density at radius 2 is 0.529 bits per heavy atom. The maximum Gasteiger partial charge on any atom is 0.472 e. The first-order valence-corrected chi connectivity index (χ1v) is 38.5. The number of esters is 4. The van der Waals surface area contributed by atoms with Crippen LogP contribution in [0.3, 0.4) is 0 Å². The van der Waals surface area contributed by atoms with Gasteiger partial charge >= 0.3 is 39.5 Å². The molecule has 0 saturated heterocycles. The molecule has 0 aromatic carbocycles. The Hall–Kier alpha value is -1.94. The third kappa shape index (κ3) is 62.6. The summed E-state index contributed by atoms with van der Waals surface area (Å²) in [5.74, 6) is -0.617. The predicted molar refractivity (Wildman–Crippen MR) is 349 cm³/mol. The number of aliphatic hydroxyl groups excluding tert-OH is 1. The van der Waals surface area contributed by atoms with Crippen molar-refractivity contribution in [3.05, 3.63) is 0 Å². The van der Waals surface area contributed by atoms with Crippen LogP contribution < -0.4 is 0 Å². The van der Waals surface area contributed by atoms with Gasteiger partial charge in [0.2, 0.25) is 0 Å². The van der Waals surface area contributed by atoms with Crippen LogP contribution in [0.25, 0.3) is 0 Å². The third-order valence-corrected chi connectivity index (χ3v) is 17.6. The molecule has 0 fully saturated rings. The van der Waals surface area contributed by atoms with Gasteiger partial charge in [-0.05, 0) is 37.5 Å². The van der Waals surface area contributed by atoms with Crippen molar-refractivity contribution in [2.45, 2.75) is 362 Å². The minimum Gasteiger partial charge on any atom is -0.462 e. The van der Waals surface area contributed by atoms with E-state index in [1.807, 2.05) is 0 Å². The Bertz CT molecular complexity index is 1700. The summed E-state index contributed by atoms with van der Waals surface area (Å²) in [6, 6.07) is 0. The van der Waals surface area contributed by atoms with E-state index in [0.29, 0.717) is 25.7 Å². The van der Waals surface area contributed by atoms with Gasteiger partial charge in [-0.15, -0.1) is 0 Å². The highest BCUT2D eigenvalue weighted by Crippen LogP contribution is 2.45. The number of hydrogen-bond acceptors (Lipinski definition) is 15. The van der Waals surface area contributed by atoms with Gasteiger partial charge in [0, 0.05) is 25.7 Å². The van der Waals surface area contributed by atoms with Gasteiger partial charge in [0.1, 0.15) is 19.3 Å². The average molecular weight is 1280 g/mol. The molecule has 0 aromatic heterocycles. The van der Waals surface area contributed by atoms with Crippen LogP contribution in [0.1, 0.15) is 343 Å². The summed E-state index contributed by atoms with van der Waals surface area (Å²) in [7, 11) is -9.89. The Labute approximate surface area is 530 Å². The molecule has 0 aromatic rings. The molecule has 3 N–H and O–H groups in total. The number of aliphatic hydroxyl groups is 1. The largest absolute Gasteiger partial charge is 0.472 e. The molecule has 0 spiro atoms. The number of rotatable bonds is 67. The second-order valence-corrected chi connectivity index (χ2v) is 28.4. The SMILES string of the molecule is CCCCCCCCCCCCCCCC(=O)OC[C@H](COP(=O)(O)OC[C@@H](O)COP(=O)(O)OC[C@@H](COC(=O)CCCCCCCCC)OC(=O)CCCCCCCCCCCC(C)C)OC(=O)CCCCCCCCCCCCCCC(C)C. The molecule has 2 unspecified atom stereocenters. The van der Waals surface area contributed by atoms with Crippen LogP contribution in [0.15, 0.2) is 0 Å². The summed E-state index contributed by atoms with van der Waals surface area (Å²) in [6.45, 7) is 9.48. The van der Waals surface area contributed by atoms with Gasteiger partial charge in [0.25, 0.3) is 0 Å². The number of carbonyl (C=O) groups is 4. The Morgan fingerprint density at radius 1 is 0.310 bits per heavy atom. The Kier molecular flexibility index (Phi) is 59.0. The molecule has 0 radical (unpaired) electrons. The van der Waals surface area contributed by atoms with E-state index in [1.54, 1.807) is 0 Å². The van der Waals surface area contributed by atoms with Gasteiger partial charge in [-0.2, -0.15) is 0 Å². The first-order chi connectivity index (χ1) is 41.9. The van der Waals surface area contributed by atoms with Crippen LogP contribution >= 0.6 is 15.6 Å². The van der Waals surface area contributed by atoms with E-state index >= 15 is 0 Å². The quantitative estimate of drug-likeness (QED) is 0.0222. The van der Waals surface area contributed by atoms with Gasteiger partial charge in [-0.25, -0.2) is 9.13 Å². The zero-order valence-electron chi connectivity index (χ0n) is 56.3. The van der Waals surface area contributed by atoms with Crippen molar-refractivity contribution in [3.63, 3.8) is 0 Å². The van der Waals surface area contributed by atoms with Crippen LogP contribution in [0, 0.1) is 11.8 Å². The molecular formula is C68H132O17P2. The van der Waals surface area contributed by atoms with Crippen LogP contribution in [-0.2, 0) is 65.4 Å². The highest BCUT2D eigenvalue weighted by atomic mass is 31.2. The molecule has 516 valence electrons.